The number of aldehydes is 1. The fraction of sp³-hybridized carbons (Fsp3) is 0.667. The summed E-state index contributed by atoms with van der Waals surface area (Å²) in [5.74, 6) is -0.436. The molecule has 400 valence electrons. The molecule has 3 N–H and O–H groups in total. The van der Waals surface area contributed by atoms with Crippen LogP contribution in [0.1, 0.15) is 157 Å². The van der Waals surface area contributed by atoms with Gasteiger partial charge >= 0.3 is 6.09 Å². The lowest BCUT2D eigenvalue weighted by Crippen LogP contribution is -2.70. The van der Waals surface area contributed by atoms with E-state index < -0.39 is 30.1 Å². The number of carbonyl (C=O) groups excluding carboxylic acids is 2. The standard InChI is InChI=1S/C57H84N2O13/c1-4-6-7-8-9-10-11-12-13-19-34-68-56(64)59(28-35-66-36-31-62)52-40-49(58-72-53-23-16-20-33-67-53)47-38-42(21-14-17-29-60)46(22-15-18-30-61)54-48-39-45(70-44-24-26-50(65-3)43(37-44)41-63)25-27-51(48)71-57(52,55(47)54)69-32-5-2/h5,24-27,37-39,41-42,46,52-55,60-62H,2,4,6-23,28-36,40H2,1,3H3. The topological polar surface area (TPSA) is 184 Å². The number of carbonyl (C=O) groups is 2. The van der Waals surface area contributed by atoms with E-state index in [4.69, 9.17) is 43.2 Å². The molecule has 7 unspecified atom stereocenters. The number of unbranched alkanes of at least 4 members (excludes halogenated alkanes) is 11. The van der Waals surface area contributed by atoms with E-state index in [1.807, 2.05) is 18.2 Å². The molecule has 2 aromatic rings. The Morgan fingerprint density at radius 2 is 1.61 bits per heavy atom. The van der Waals surface area contributed by atoms with Gasteiger partial charge in [0.25, 0.3) is 0 Å². The van der Waals surface area contributed by atoms with Gasteiger partial charge in [-0.05, 0) is 98.8 Å². The number of rotatable bonds is 34. The molecule has 15 heteroatoms. The van der Waals surface area contributed by atoms with Gasteiger partial charge in [0.1, 0.15) is 29.0 Å². The fourth-order valence-corrected chi connectivity index (χ4v) is 11.2. The third kappa shape index (κ3) is 15.3. The number of aliphatic hydroxyl groups excluding tert-OH is 3. The van der Waals surface area contributed by atoms with Gasteiger partial charge in [0.15, 0.2) is 6.29 Å². The predicted octanol–water partition coefficient (Wildman–Crippen LogP) is 10.8. The smallest absolute Gasteiger partial charge is 0.410 e. The number of amides is 1. The molecule has 1 saturated carbocycles. The van der Waals surface area contributed by atoms with Crippen LogP contribution in [-0.4, -0.2) is 123 Å². The molecule has 2 aliphatic carbocycles. The summed E-state index contributed by atoms with van der Waals surface area (Å²) < 4.78 is 44.5. The molecule has 2 aliphatic heterocycles. The first-order valence-electron chi connectivity index (χ1n) is 27.1. The summed E-state index contributed by atoms with van der Waals surface area (Å²) in [4.78, 5) is 34.9. The molecule has 1 saturated heterocycles. The summed E-state index contributed by atoms with van der Waals surface area (Å²) in [5.41, 5.74) is 2.77. The van der Waals surface area contributed by atoms with E-state index in [1.165, 1.54) is 45.6 Å². The number of oxime groups is 1. The van der Waals surface area contributed by atoms with Crippen molar-refractivity contribution in [2.75, 3.05) is 66.5 Å². The Balaban J connectivity index is 1.46. The number of methoxy groups -OCH3 is 1. The van der Waals surface area contributed by atoms with Crippen LogP contribution in [0.15, 0.2) is 65.9 Å². The fourth-order valence-electron chi connectivity index (χ4n) is 11.2. The second kappa shape index (κ2) is 30.6. The molecule has 2 heterocycles. The summed E-state index contributed by atoms with van der Waals surface area (Å²) in [7, 11) is 1.51. The minimum Gasteiger partial charge on any atom is -0.496 e. The summed E-state index contributed by atoms with van der Waals surface area (Å²) in [5, 5.41) is 34.8. The van der Waals surface area contributed by atoms with Gasteiger partial charge in [-0.3, -0.25) is 9.69 Å². The second-order valence-electron chi connectivity index (χ2n) is 19.6. The highest BCUT2D eigenvalue weighted by Crippen LogP contribution is 2.62. The van der Waals surface area contributed by atoms with Gasteiger partial charge in [-0.1, -0.05) is 94.9 Å². The molecule has 0 bridgehead atoms. The number of benzene rings is 2. The van der Waals surface area contributed by atoms with Crippen LogP contribution in [0, 0.1) is 17.8 Å². The van der Waals surface area contributed by atoms with Crippen LogP contribution in [0.5, 0.6) is 23.0 Å². The molecule has 6 rings (SSSR count). The molecule has 0 aromatic heterocycles. The van der Waals surface area contributed by atoms with E-state index in [1.54, 1.807) is 29.2 Å². The lowest BCUT2D eigenvalue weighted by Gasteiger charge is -2.59. The Morgan fingerprint density at radius 1 is 0.875 bits per heavy atom. The predicted molar refractivity (Wildman–Crippen MR) is 276 cm³/mol. The summed E-state index contributed by atoms with van der Waals surface area (Å²) in [6.45, 7) is 7.48. The van der Waals surface area contributed by atoms with Crippen molar-refractivity contribution < 1.29 is 62.9 Å². The zero-order valence-corrected chi connectivity index (χ0v) is 43.2. The van der Waals surface area contributed by atoms with E-state index in [0.717, 1.165) is 81.6 Å². The summed E-state index contributed by atoms with van der Waals surface area (Å²) in [6.07, 6.45) is 22.2. The zero-order valence-electron chi connectivity index (χ0n) is 43.2. The molecular formula is C57H84N2O13. The first-order valence-corrected chi connectivity index (χ1v) is 27.1. The monoisotopic (exact) mass is 1000 g/mol. The molecule has 0 radical (unpaired) electrons. The van der Waals surface area contributed by atoms with E-state index in [9.17, 15) is 24.9 Å². The van der Waals surface area contributed by atoms with Gasteiger partial charge in [-0.2, -0.15) is 0 Å². The molecule has 15 nitrogen and oxygen atoms in total. The number of aliphatic hydroxyl groups is 3. The summed E-state index contributed by atoms with van der Waals surface area (Å²) >= 11 is 0. The Labute approximate surface area is 428 Å². The van der Waals surface area contributed by atoms with Gasteiger partial charge in [-0.15, -0.1) is 6.58 Å². The first-order chi connectivity index (χ1) is 35.4. The van der Waals surface area contributed by atoms with Crippen molar-refractivity contribution in [3.63, 3.8) is 0 Å². The van der Waals surface area contributed by atoms with Gasteiger partial charge in [0, 0.05) is 44.1 Å². The van der Waals surface area contributed by atoms with Crippen LogP contribution in [0.25, 0.3) is 0 Å². The number of ether oxygens (including phenoxy) is 7. The lowest BCUT2D eigenvalue weighted by molar-refractivity contribution is -0.256. The third-order valence-electron chi connectivity index (χ3n) is 14.7. The molecule has 4 aliphatic rings. The number of hydrogen-bond acceptors (Lipinski definition) is 14. The van der Waals surface area contributed by atoms with E-state index in [2.05, 4.69) is 19.6 Å². The molecule has 0 spiro atoms. The van der Waals surface area contributed by atoms with Crippen LogP contribution in [0.2, 0.25) is 0 Å². The largest absolute Gasteiger partial charge is 0.496 e. The average Bonchev–Trinajstić information content (AvgIpc) is 3.40. The van der Waals surface area contributed by atoms with Crippen LogP contribution >= 0.6 is 0 Å². The SMILES string of the molecule is C=CCOC12Oc3ccc(Oc4ccc(OC)c(C=O)c4)cc3C3C(CCCCO)C(CCCCO)C=C(C(=NOC4CCCCO4)CC1N(CCOCCO)C(=O)OCCCCCCCCCCCC)C32. The Morgan fingerprint density at radius 3 is 2.31 bits per heavy atom. The number of fused-ring (bicyclic) bond motifs is 2. The van der Waals surface area contributed by atoms with Gasteiger partial charge in [0.05, 0.1) is 63.9 Å². The average molecular weight is 1010 g/mol. The van der Waals surface area contributed by atoms with Crippen LogP contribution in [0.4, 0.5) is 4.79 Å². The highest BCUT2D eigenvalue weighted by Gasteiger charge is 2.65. The van der Waals surface area contributed by atoms with Crippen molar-refractivity contribution in [2.24, 2.45) is 22.9 Å². The van der Waals surface area contributed by atoms with Crippen molar-refractivity contribution in [1.29, 1.82) is 0 Å². The lowest BCUT2D eigenvalue weighted by atomic mass is 9.55. The Hall–Kier alpha value is -4.51. The molecule has 2 fully saturated rings. The molecule has 72 heavy (non-hydrogen) atoms. The van der Waals surface area contributed by atoms with Gasteiger partial charge in [-0.25, -0.2) is 4.79 Å². The highest BCUT2D eigenvalue weighted by atomic mass is 16.8. The third-order valence-corrected chi connectivity index (χ3v) is 14.7. The Bertz CT molecular complexity index is 2020. The Kier molecular flexibility index (Phi) is 24.2. The minimum atomic E-state index is -1.52. The zero-order chi connectivity index (χ0) is 51.0. The van der Waals surface area contributed by atoms with Crippen molar-refractivity contribution in [3.05, 3.63) is 71.8 Å². The van der Waals surface area contributed by atoms with Crippen molar-refractivity contribution >= 4 is 18.1 Å². The van der Waals surface area contributed by atoms with Crippen molar-refractivity contribution in [3.8, 4) is 23.0 Å². The van der Waals surface area contributed by atoms with Gasteiger partial charge in [0.2, 0.25) is 12.1 Å². The minimum absolute atomic E-state index is 0.0116. The van der Waals surface area contributed by atoms with Crippen molar-refractivity contribution in [2.45, 2.75) is 159 Å². The highest BCUT2D eigenvalue weighted by molar-refractivity contribution is 6.03. The molecular weight excluding hydrogens is 921 g/mol. The molecule has 7 atom stereocenters. The maximum Gasteiger partial charge on any atom is 0.410 e. The van der Waals surface area contributed by atoms with E-state index >= 15 is 0 Å². The van der Waals surface area contributed by atoms with Crippen LogP contribution < -0.4 is 14.2 Å². The van der Waals surface area contributed by atoms with Crippen LogP contribution in [0.3, 0.4) is 0 Å². The normalized spacial score (nSPS) is 23.8. The van der Waals surface area contributed by atoms with Crippen LogP contribution in [-0.2, 0) is 23.8 Å². The number of hydrogen-bond donors (Lipinski definition) is 3. The number of allylic oxidation sites excluding steroid dienone is 1. The van der Waals surface area contributed by atoms with Crippen molar-refractivity contribution in [1.82, 2.24) is 4.90 Å². The maximum absolute atomic E-state index is 14.9. The molecule has 1 amide bonds. The second-order valence-corrected chi connectivity index (χ2v) is 19.6. The first kappa shape index (κ1) is 56.8. The van der Waals surface area contributed by atoms with E-state index in [-0.39, 0.29) is 77.0 Å². The molecule has 2 aromatic carbocycles. The number of nitrogens with zero attached hydrogens (tertiary/aromatic N) is 2. The van der Waals surface area contributed by atoms with E-state index in [0.29, 0.717) is 60.1 Å². The summed E-state index contributed by atoms with van der Waals surface area (Å²) in [6, 6.07) is 9.98. The quantitative estimate of drug-likeness (QED) is 0.0261. The van der Waals surface area contributed by atoms with Gasteiger partial charge < -0.3 is 53.3 Å². The maximum atomic E-state index is 14.9.